The van der Waals surface area contributed by atoms with E-state index in [2.05, 4.69) is 22.5 Å². The molecule has 0 saturated heterocycles. The van der Waals surface area contributed by atoms with Crippen LogP contribution in [0.4, 0.5) is 4.79 Å². The highest BCUT2D eigenvalue weighted by atomic mass is 32.1. The lowest BCUT2D eigenvalue weighted by Gasteiger charge is -2.18. The van der Waals surface area contributed by atoms with E-state index in [0.29, 0.717) is 6.42 Å². The first-order chi connectivity index (χ1) is 9.10. The van der Waals surface area contributed by atoms with Gasteiger partial charge in [-0.15, -0.1) is 11.3 Å². The molecule has 0 aliphatic carbocycles. The van der Waals surface area contributed by atoms with Crippen molar-refractivity contribution in [1.82, 2.24) is 15.6 Å². The second-order valence-electron chi connectivity index (χ2n) is 4.48. The minimum Gasteiger partial charge on any atom is -0.396 e. The summed E-state index contributed by atoms with van der Waals surface area (Å²) in [6.07, 6.45) is 2.30. The molecule has 1 heterocycles. The van der Waals surface area contributed by atoms with E-state index in [0.717, 1.165) is 23.5 Å². The average Bonchev–Trinajstić information content (AvgIpc) is 2.86. The van der Waals surface area contributed by atoms with Crippen LogP contribution >= 0.6 is 11.3 Å². The third-order valence-corrected chi connectivity index (χ3v) is 3.98. The number of rotatable bonds is 7. The van der Waals surface area contributed by atoms with E-state index < -0.39 is 0 Å². The molecular weight excluding hydrogens is 262 g/mol. The Balaban J connectivity index is 2.46. The Bertz CT molecular complexity index is 395. The minimum absolute atomic E-state index is 0.0128. The molecule has 0 spiro atoms. The first-order valence-electron chi connectivity index (χ1n) is 6.72. The van der Waals surface area contributed by atoms with Crippen LogP contribution in [0.2, 0.25) is 0 Å². The Kier molecular flexibility index (Phi) is 6.80. The SMILES string of the molecule is CCc1nc(C(C)NC(=O)NC(CC)CCO)cs1. The normalized spacial score (nSPS) is 13.9. The van der Waals surface area contributed by atoms with Crippen molar-refractivity contribution in [3.8, 4) is 0 Å². The largest absolute Gasteiger partial charge is 0.396 e. The number of urea groups is 1. The zero-order valence-electron chi connectivity index (χ0n) is 11.8. The summed E-state index contributed by atoms with van der Waals surface area (Å²) in [5.74, 6) is 0. The number of thiazole rings is 1. The van der Waals surface area contributed by atoms with Crippen molar-refractivity contribution in [1.29, 1.82) is 0 Å². The van der Waals surface area contributed by atoms with Gasteiger partial charge in [0.1, 0.15) is 0 Å². The fourth-order valence-corrected chi connectivity index (χ4v) is 2.56. The van der Waals surface area contributed by atoms with Gasteiger partial charge in [-0.05, 0) is 26.2 Å². The molecule has 19 heavy (non-hydrogen) atoms. The van der Waals surface area contributed by atoms with Gasteiger partial charge in [-0.25, -0.2) is 9.78 Å². The smallest absolute Gasteiger partial charge is 0.315 e. The molecule has 0 fully saturated rings. The van der Waals surface area contributed by atoms with E-state index in [1.807, 2.05) is 19.2 Å². The molecule has 0 bridgehead atoms. The summed E-state index contributed by atoms with van der Waals surface area (Å²) in [4.78, 5) is 16.3. The van der Waals surface area contributed by atoms with Crippen molar-refractivity contribution >= 4 is 17.4 Å². The van der Waals surface area contributed by atoms with Crippen molar-refractivity contribution in [2.24, 2.45) is 0 Å². The molecule has 6 heteroatoms. The highest BCUT2D eigenvalue weighted by molar-refractivity contribution is 7.09. The molecule has 2 amide bonds. The Morgan fingerprint density at radius 2 is 2.21 bits per heavy atom. The van der Waals surface area contributed by atoms with Gasteiger partial charge in [0.25, 0.3) is 0 Å². The van der Waals surface area contributed by atoms with Crippen LogP contribution < -0.4 is 10.6 Å². The highest BCUT2D eigenvalue weighted by Crippen LogP contribution is 2.16. The number of carbonyl (C=O) groups excluding carboxylic acids is 1. The van der Waals surface area contributed by atoms with Crippen LogP contribution in [0.15, 0.2) is 5.38 Å². The monoisotopic (exact) mass is 285 g/mol. The molecule has 0 aromatic carbocycles. The van der Waals surface area contributed by atoms with Crippen molar-refractivity contribution < 1.29 is 9.90 Å². The second-order valence-corrected chi connectivity index (χ2v) is 5.42. The predicted octanol–water partition coefficient (Wildman–Crippen LogP) is 2.23. The second kappa shape index (κ2) is 8.12. The molecule has 2 atom stereocenters. The standard InChI is InChI=1S/C13H23N3O2S/c1-4-10(6-7-17)15-13(18)14-9(3)11-8-19-12(5-2)16-11/h8-10,17H,4-7H2,1-3H3,(H2,14,15,18). The van der Waals surface area contributed by atoms with Gasteiger partial charge in [0, 0.05) is 18.0 Å². The summed E-state index contributed by atoms with van der Waals surface area (Å²) in [6, 6.07) is -0.305. The maximum absolute atomic E-state index is 11.8. The molecule has 0 radical (unpaired) electrons. The number of amides is 2. The fourth-order valence-electron chi connectivity index (χ4n) is 1.72. The molecule has 0 aliphatic rings. The van der Waals surface area contributed by atoms with Gasteiger partial charge in [-0.3, -0.25) is 0 Å². The summed E-state index contributed by atoms with van der Waals surface area (Å²) in [6.45, 7) is 6.05. The van der Waals surface area contributed by atoms with Crippen molar-refractivity contribution in [2.75, 3.05) is 6.61 Å². The Morgan fingerprint density at radius 1 is 1.47 bits per heavy atom. The molecule has 0 aliphatic heterocycles. The van der Waals surface area contributed by atoms with Gasteiger partial charge < -0.3 is 15.7 Å². The summed E-state index contributed by atoms with van der Waals surface area (Å²) in [5, 5.41) is 17.7. The first-order valence-corrected chi connectivity index (χ1v) is 7.60. The summed E-state index contributed by atoms with van der Waals surface area (Å²) in [5.41, 5.74) is 0.896. The van der Waals surface area contributed by atoms with Crippen LogP contribution in [-0.2, 0) is 6.42 Å². The lowest BCUT2D eigenvalue weighted by atomic mass is 10.1. The Morgan fingerprint density at radius 3 is 2.74 bits per heavy atom. The quantitative estimate of drug-likeness (QED) is 0.719. The van der Waals surface area contributed by atoms with Crippen LogP contribution in [0.1, 0.15) is 50.4 Å². The van der Waals surface area contributed by atoms with Crippen LogP contribution in [0, 0.1) is 0 Å². The van der Waals surface area contributed by atoms with E-state index in [4.69, 9.17) is 5.11 Å². The Hall–Kier alpha value is -1.14. The number of aliphatic hydroxyl groups is 1. The van der Waals surface area contributed by atoms with Gasteiger partial charge in [0.15, 0.2) is 0 Å². The fraction of sp³-hybridized carbons (Fsp3) is 0.692. The van der Waals surface area contributed by atoms with Crippen molar-refractivity contribution in [2.45, 2.75) is 52.1 Å². The van der Waals surface area contributed by atoms with Crippen LogP contribution in [0.25, 0.3) is 0 Å². The minimum atomic E-state index is -0.209. The van der Waals surface area contributed by atoms with Gasteiger partial charge in [0.05, 0.1) is 16.7 Å². The average molecular weight is 285 g/mol. The maximum Gasteiger partial charge on any atom is 0.315 e. The number of nitrogens with one attached hydrogen (secondary N) is 2. The zero-order chi connectivity index (χ0) is 14.3. The number of carbonyl (C=O) groups is 1. The number of aryl methyl sites for hydroxylation is 1. The molecule has 1 aromatic rings. The Labute approximate surface area is 118 Å². The molecule has 108 valence electrons. The number of hydrogen-bond donors (Lipinski definition) is 3. The third kappa shape index (κ3) is 5.16. The summed E-state index contributed by atoms with van der Waals surface area (Å²) < 4.78 is 0. The lowest BCUT2D eigenvalue weighted by Crippen LogP contribution is -2.43. The number of aromatic nitrogens is 1. The van der Waals surface area contributed by atoms with Gasteiger partial charge >= 0.3 is 6.03 Å². The van der Waals surface area contributed by atoms with Gasteiger partial charge in [0.2, 0.25) is 0 Å². The van der Waals surface area contributed by atoms with Crippen molar-refractivity contribution in [3.05, 3.63) is 16.1 Å². The lowest BCUT2D eigenvalue weighted by molar-refractivity contribution is 0.225. The van der Waals surface area contributed by atoms with E-state index >= 15 is 0 Å². The molecule has 3 N–H and O–H groups in total. The highest BCUT2D eigenvalue weighted by Gasteiger charge is 2.15. The maximum atomic E-state index is 11.8. The number of aliphatic hydroxyl groups excluding tert-OH is 1. The van der Waals surface area contributed by atoms with Crippen molar-refractivity contribution in [3.63, 3.8) is 0 Å². The van der Waals surface area contributed by atoms with Crippen LogP contribution in [-0.4, -0.2) is 28.8 Å². The van der Waals surface area contributed by atoms with Gasteiger partial charge in [-0.2, -0.15) is 0 Å². The van der Waals surface area contributed by atoms with Crippen LogP contribution in [0.3, 0.4) is 0 Å². The molecular formula is C13H23N3O2S. The first kappa shape index (κ1) is 15.9. The van der Waals surface area contributed by atoms with Gasteiger partial charge in [-0.1, -0.05) is 13.8 Å². The molecule has 2 unspecified atom stereocenters. The summed E-state index contributed by atoms with van der Waals surface area (Å²) >= 11 is 1.62. The van der Waals surface area contributed by atoms with E-state index in [9.17, 15) is 4.79 Å². The molecule has 1 aromatic heterocycles. The third-order valence-electron chi connectivity index (χ3n) is 2.97. The van der Waals surface area contributed by atoms with E-state index in [1.165, 1.54) is 0 Å². The molecule has 1 rings (SSSR count). The molecule has 0 saturated carbocycles. The van der Waals surface area contributed by atoms with Crippen LogP contribution in [0.5, 0.6) is 0 Å². The summed E-state index contributed by atoms with van der Waals surface area (Å²) in [7, 11) is 0. The van der Waals surface area contributed by atoms with E-state index in [-0.39, 0.29) is 24.7 Å². The van der Waals surface area contributed by atoms with E-state index in [1.54, 1.807) is 11.3 Å². The molecule has 5 nitrogen and oxygen atoms in total. The number of nitrogens with zero attached hydrogens (tertiary/aromatic N) is 1. The number of hydrogen-bond acceptors (Lipinski definition) is 4. The zero-order valence-corrected chi connectivity index (χ0v) is 12.6. The predicted molar refractivity (Wildman–Crippen MR) is 77.4 cm³/mol. The topological polar surface area (TPSA) is 74.2 Å².